The average Bonchev–Trinajstić information content (AvgIpc) is 2.56. The van der Waals surface area contributed by atoms with E-state index in [0.29, 0.717) is 31.5 Å². The molecule has 17 heavy (non-hydrogen) atoms. The summed E-state index contributed by atoms with van der Waals surface area (Å²) in [5.41, 5.74) is -0.595. The molecule has 0 bridgehead atoms. The molecule has 0 atom stereocenters. The quantitative estimate of drug-likeness (QED) is 0.640. The molecular formula is C11H16N2O4. The molecule has 0 saturated carbocycles. The van der Waals surface area contributed by atoms with Crippen molar-refractivity contribution >= 4 is 18.1 Å². The van der Waals surface area contributed by atoms with Crippen molar-refractivity contribution in [3.63, 3.8) is 0 Å². The monoisotopic (exact) mass is 240 g/mol. The SMILES string of the molecule is CC(C)(C)OC(=O)N1CC2(CC(C=O)=NO2)C1. The molecule has 0 aromatic rings. The molecule has 0 unspecified atom stereocenters. The van der Waals surface area contributed by atoms with Crippen LogP contribution in [0.1, 0.15) is 27.2 Å². The zero-order chi connectivity index (χ0) is 12.7. The largest absolute Gasteiger partial charge is 0.444 e. The van der Waals surface area contributed by atoms with E-state index in [2.05, 4.69) is 5.16 Å². The Kier molecular flexibility index (Phi) is 2.60. The summed E-state index contributed by atoms with van der Waals surface area (Å²) in [7, 11) is 0. The fraction of sp³-hybridized carbons (Fsp3) is 0.727. The fourth-order valence-corrected chi connectivity index (χ4v) is 1.89. The van der Waals surface area contributed by atoms with Gasteiger partial charge in [0.25, 0.3) is 0 Å². The third kappa shape index (κ3) is 2.40. The van der Waals surface area contributed by atoms with Crippen molar-refractivity contribution in [3.8, 4) is 0 Å². The highest BCUT2D eigenvalue weighted by atomic mass is 16.7. The number of hydrogen-bond acceptors (Lipinski definition) is 5. The maximum absolute atomic E-state index is 11.7. The first kappa shape index (κ1) is 11.9. The molecule has 0 aliphatic carbocycles. The first-order valence-electron chi connectivity index (χ1n) is 5.52. The maximum atomic E-state index is 11.7. The normalized spacial score (nSPS) is 21.6. The molecule has 1 amide bonds. The van der Waals surface area contributed by atoms with Crippen LogP contribution in [0.2, 0.25) is 0 Å². The topological polar surface area (TPSA) is 68.2 Å². The zero-order valence-corrected chi connectivity index (χ0v) is 10.2. The van der Waals surface area contributed by atoms with E-state index in [4.69, 9.17) is 9.57 Å². The Labute approximate surface area is 99.5 Å². The Morgan fingerprint density at radius 1 is 1.53 bits per heavy atom. The second-order valence-electron chi connectivity index (χ2n) is 5.49. The zero-order valence-electron chi connectivity index (χ0n) is 10.2. The van der Waals surface area contributed by atoms with Crippen molar-refractivity contribution in [1.82, 2.24) is 4.90 Å². The van der Waals surface area contributed by atoms with Gasteiger partial charge in [0.1, 0.15) is 11.3 Å². The number of carbonyl (C=O) groups excluding carboxylic acids is 2. The predicted octanol–water partition coefficient (Wildman–Crippen LogP) is 0.951. The summed E-state index contributed by atoms with van der Waals surface area (Å²) in [5, 5.41) is 3.67. The number of carbonyl (C=O) groups is 2. The lowest BCUT2D eigenvalue weighted by Gasteiger charge is -2.45. The van der Waals surface area contributed by atoms with E-state index in [1.807, 2.05) is 20.8 Å². The molecule has 1 saturated heterocycles. The molecule has 6 heteroatoms. The molecule has 6 nitrogen and oxygen atoms in total. The summed E-state index contributed by atoms with van der Waals surface area (Å²) in [6, 6.07) is 0. The van der Waals surface area contributed by atoms with Crippen LogP contribution >= 0.6 is 0 Å². The summed E-state index contributed by atoms with van der Waals surface area (Å²) in [4.78, 5) is 28.9. The van der Waals surface area contributed by atoms with Crippen molar-refractivity contribution in [2.24, 2.45) is 5.16 Å². The van der Waals surface area contributed by atoms with E-state index >= 15 is 0 Å². The number of hydrogen-bond donors (Lipinski definition) is 0. The van der Waals surface area contributed by atoms with Crippen LogP contribution in [0.15, 0.2) is 5.16 Å². The number of likely N-dealkylation sites (tertiary alicyclic amines) is 1. The Morgan fingerprint density at radius 3 is 2.65 bits per heavy atom. The van der Waals surface area contributed by atoms with E-state index < -0.39 is 11.2 Å². The fourth-order valence-electron chi connectivity index (χ4n) is 1.89. The number of nitrogens with zero attached hydrogens (tertiary/aromatic N) is 2. The molecule has 1 fully saturated rings. The average molecular weight is 240 g/mol. The minimum absolute atomic E-state index is 0.355. The van der Waals surface area contributed by atoms with E-state index in [1.165, 1.54) is 0 Å². The van der Waals surface area contributed by atoms with Gasteiger partial charge in [0.2, 0.25) is 0 Å². The van der Waals surface area contributed by atoms with Crippen LogP contribution in [0.3, 0.4) is 0 Å². The second-order valence-corrected chi connectivity index (χ2v) is 5.49. The van der Waals surface area contributed by atoms with Gasteiger partial charge in [-0.05, 0) is 20.8 Å². The first-order chi connectivity index (χ1) is 7.84. The summed E-state index contributed by atoms with van der Waals surface area (Å²) in [6.45, 7) is 6.30. The molecule has 1 spiro atoms. The molecule has 2 heterocycles. The highest BCUT2D eigenvalue weighted by molar-refractivity contribution is 6.28. The predicted molar refractivity (Wildman–Crippen MR) is 59.7 cm³/mol. The number of rotatable bonds is 1. The van der Waals surface area contributed by atoms with Gasteiger partial charge in [0.05, 0.1) is 13.1 Å². The van der Waals surface area contributed by atoms with Gasteiger partial charge in [-0.1, -0.05) is 5.16 Å². The lowest BCUT2D eigenvalue weighted by Crippen LogP contribution is -2.64. The molecular weight excluding hydrogens is 224 g/mol. The van der Waals surface area contributed by atoms with Crippen LogP contribution in [0.25, 0.3) is 0 Å². The lowest BCUT2D eigenvalue weighted by molar-refractivity contribution is -0.122. The number of aldehydes is 1. The van der Waals surface area contributed by atoms with Gasteiger partial charge in [-0.2, -0.15) is 0 Å². The van der Waals surface area contributed by atoms with Crippen molar-refractivity contribution in [2.75, 3.05) is 13.1 Å². The standard InChI is InChI=1S/C11H16N2O4/c1-10(2,3)16-9(15)13-6-11(7-13)4-8(5-14)12-17-11/h5H,4,6-7H2,1-3H3. The number of oxime groups is 1. The summed E-state index contributed by atoms with van der Waals surface area (Å²) in [6.07, 6.45) is 0.798. The Hall–Kier alpha value is -1.59. The molecule has 0 radical (unpaired) electrons. The smallest absolute Gasteiger partial charge is 0.410 e. The Bertz CT molecular complexity index is 377. The van der Waals surface area contributed by atoms with Crippen LogP contribution in [0.4, 0.5) is 4.79 Å². The minimum atomic E-state index is -0.499. The lowest BCUT2D eigenvalue weighted by atomic mass is 9.89. The second kappa shape index (κ2) is 3.72. The molecule has 0 aromatic carbocycles. The highest BCUT2D eigenvalue weighted by Crippen LogP contribution is 2.34. The van der Waals surface area contributed by atoms with Crippen LogP contribution < -0.4 is 0 Å². The van der Waals surface area contributed by atoms with Crippen LogP contribution in [0.5, 0.6) is 0 Å². The third-order valence-corrected chi connectivity index (χ3v) is 2.61. The summed E-state index contributed by atoms with van der Waals surface area (Å²) in [5.74, 6) is 0. The van der Waals surface area contributed by atoms with Crippen molar-refractivity contribution in [1.29, 1.82) is 0 Å². The minimum Gasteiger partial charge on any atom is -0.444 e. The van der Waals surface area contributed by atoms with E-state index in [1.54, 1.807) is 4.90 Å². The highest BCUT2D eigenvalue weighted by Gasteiger charge is 2.52. The van der Waals surface area contributed by atoms with Gasteiger partial charge >= 0.3 is 6.09 Å². The Balaban J connectivity index is 1.84. The van der Waals surface area contributed by atoms with Crippen molar-refractivity contribution in [3.05, 3.63) is 0 Å². The molecule has 0 N–H and O–H groups in total. The van der Waals surface area contributed by atoms with Gasteiger partial charge in [-0.25, -0.2) is 4.79 Å². The van der Waals surface area contributed by atoms with Gasteiger partial charge in [0.15, 0.2) is 11.9 Å². The van der Waals surface area contributed by atoms with Gasteiger partial charge < -0.3 is 9.57 Å². The van der Waals surface area contributed by atoms with Crippen molar-refractivity contribution in [2.45, 2.75) is 38.4 Å². The molecule has 0 aromatic heterocycles. The van der Waals surface area contributed by atoms with Gasteiger partial charge in [0, 0.05) is 6.42 Å². The van der Waals surface area contributed by atoms with Crippen LogP contribution in [-0.4, -0.2) is 47.3 Å². The maximum Gasteiger partial charge on any atom is 0.410 e. The van der Waals surface area contributed by atoms with Gasteiger partial charge in [-0.15, -0.1) is 0 Å². The first-order valence-corrected chi connectivity index (χ1v) is 5.52. The number of amides is 1. The van der Waals surface area contributed by atoms with Gasteiger partial charge in [-0.3, -0.25) is 9.69 Å². The van der Waals surface area contributed by atoms with E-state index in [0.717, 1.165) is 0 Å². The molecule has 94 valence electrons. The van der Waals surface area contributed by atoms with Crippen LogP contribution in [0, 0.1) is 0 Å². The van der Waals surface area contributed by atoms with Crippen molar-refractivity contribution < 1.29 is 19.2 Å². The van der Waals surface area contributed by atoms with Crippen LogP contribution in [-0.2, 0) is 14.4 Å². The molecule has 2 aliphatic rings. The summed E-state index contributed by atoms with van der Waals surface area (Å²) >= 11 is 0. The summed E-state index contributed by atoms with van der Waals surface area (Å²) < 4.78 is 5.22. The molecule has 2 aliphatic heterocycles. The van der Waals surface area contributed by atoms with E-state index in [9.17, 15) is 9.59 Å². The number of ether oxygens (including phenoxy) is 1. The van der Waals surface area contributed by atoms with E-state index in [-0.39, 0.29) is 6.09 Å². The molecule has 2 rings (SSSR count). The third-order valence-electron chi connectivity index (χ3n) is 2.61. The Morgan fingerprint density at radius 2 is 2.18 bits per heavy atom.